The molecule has 0 fully saturated rings. The Kier molecular flexibility index (Phi) is 8.20. The molecule has 3 rings (SSSR count). The normalized spacial score (nSPS) is 10.5. The molecule has 0 amide bonds. The van der Waals surface area contributed by atoms with Crippen molar-refractivity contribution in [2.75, 3.05) is 19.0 Å². The number of methoxy groups -OCH3 is 1. The third kappa shape index (κ3) is 5.93. The van der Waals surface area contributed by atoms with Crippen molar-refractivity contribution in [2.45, 2.75) is 20.1 Å². The number of hydrogen-bond donors (Lipinski definition) is 1. The highest BCUT2D eigenvalue weighted by atomic mass is 79.9. The first kappa shape index (κ1) is 23.0. The van der Waals surface area contributed by atoms with E-state index in [1.165, 1.54) is 0 Å². The molecule has 0 aliphatic heterocycles. The van der Waals surface area contributed by atoms with E-state index in [9.17, 15) is 4.79 Å². The van der Waals surface area contributed by atoms with Gasteiger partial charge in [-0.15, -0.1) is 0 Å². The lowest BCUT2D eigenvalue weighted by Gasteiger charge is -2.18. The van der Waals surface area contributed by atoms with Crippen LogP contribution in [0.1, 0.15) is 28.4 Å². The van der Waals surface area contributed by atoms with Crippen LogP contribution >= 0.6 is 27.5 Å². The average Bonchev–Trinajstić information content (AvgIpc) is 2.78. The monoisotopic (exact) mass is 503 g/mol. The van der Waals surface area contributed by atoms with Crippen molar-refractivity contribution in [3.8, 4) is 11.5 Å². The second-order valence-electron chi connectivity index (χ2n) is 6.59. The van der Waals surface area contributed by atoms with Gasteiger partial charge in [0.2, 0.25) is 0 Å². The molecule has 0 saturated heterocycles. The van der Waals surface area contributed by atoms with Crippen LogP contribution in [0.25, 0.3) is 0 Å². The molecule has 0 aliphatic rings. The largest absolute Gasteiger partial charge is 0.493 e. The molecule has 1 N–H and O–H groups in total. The Morgan fingerprint density at radius 1 is 1.06 bits per heavy atom. The van der Waals surface area contributed by atoms with Crippen molar-refractivity contribution in [3.05, 3.63) is 86.8 Å². The van der Waals surface area contributed by atoms with Gasteiger partial charge in [-0.2, -0.15) is 0 Å². The molecule has 0 aliphatic carbocycles. The fraction of sp³-hybridized carbons (Fsp3) is 0.208. The summed E-state index contributed by atoms with van der Waals surface area (Å²) in [5.74, 6) is 0.928. The minimum absolute atomic E-state index is 0.313. The van der Waals surface area contributed by atoms with Crippen LogP contribution in [-0.4, -0.2) is 19.7 Å². The van der Waals surface area contributed by atoms with Crippen LogP contribution in [0.3, 0.4) is 0 Å². The molecule has 7 heteroatoms. The number of nitrogens with one attached hydrogen (secondary N) is 1. The van der Waals surface area contributed by atoms with Crippen LogP contribution < -0.4 is 14.8 Å². The average molecular weight is 505 g/mol. The van der Waals surface area contributed by atoms with Crippen LogP contribution in [0.4, 0.5) is 5.69 Å². The molecule has 3 aromatic carbocycles. The quantitative estimate of drug-likeness (QED) is 0.338. The van der Waals surface area contributed by atoms with Gasteiger partial charge in [0.25, 0.3) is 0 Å². The number of carbonyl (C=O) groups excluding carboxylic acids is 1. The van der Waals surface area contributed by atoms with Crippen molar-refractivity contribution < 1.29 is 19.0 Å². The highest BCUT2D eigenvalue weighted by molar-refractivity contribution is 9.10. The molecule has 0 unspecified atom stereocenters. The molecule has 3 aromatic rings. The van der Waals surface area contributed by atoms with Gasteiger partial charge in [-0.3, -0.25) is 0 Å². The van der Waals surface area contributed by atoms with Crippen LogP contribution in [0, 0.1) is 0 Å². The standard InChI is InChI=1S/C24H23BrClNO4/c1-3-30-24(28)16-8-10-18(11-9-16)27-14-19-20(25)12-13-22(29-2)23(19)31-15-17-6-4-5-7-21(17)26/h4-13,27H,3,14-15H2,1-2H3. The summed E-state index contributed by atoms with van der Waals surface area (Å²) >= 11 is 9.88. The van der Waals surface area contributed by atoms with Crippen LogP contribution in [-0.2, 0) is 17.9 Å². The molecule has 0 atom stereocenters. The van der Waals surface area contributed by atoms with Crippen LogP contribution in [0.2, 0.25) is 5.02 Å². The van der Waals surface area contributed by atoms with Gasteiger partial charge in [0.15, 0.2) is 11.5 Å². The van der Waals surface area contributed by atoms with E-state index in [0.29, 0.717) is 41.8 Å². The predicted octanol–water partition coefficient (Wildman–Crippen LogP) is 6.48. The summed E-state index contributed by atoms with van der Waals surface area (Å²) < 4.78 is 17.6. The van der Waals surface area contributed by atoms with E-state index < -0.39 is 0 Å². The van der Waals surface area contributed by atoms with E-state index in [-0.39, 0.29) is 5.97 Å². The number of benzene rings is 3. The molecule has 0 bridgehead atoms. The Hall–Kier alpha value is -2.70. The Balaban J connectivity index is 1.77. The van der Waals surface area contributed by atoms with E-state index in [4.69, 9.17) is 25.8 Å². The first-order chi connectivity index (χ1) is 15.0. The van der Waals surface area contributed by atoms with Gasteiger partial charge in [-0.05, 0) is 49.4 Å². The highest BCUT2D eigenvalue weighted by Crippen LogP contribution is 2.37. The highest BCUT2D eigenvalue weighted by Gasteiger charge is 2.16. The second kappa shape index (κ2) is 11.1. The predicted molar refractivity (Wildman–Crippen MR) is 126 cm³/mol. The first-order valence-electron chi connectivity index (χ1n) is 9.76. The number of carbonyl (C=O) groups is 1. The molecule has 0 radical (unpaired) electrons. The zero-order chi connectivity index (χ0) is 22.2. The van der Waals surface area contributed by atoms with Gasteiger partial charge in [-0.1, -0.05) is 45.7 Å². The summed E-state index contributed by atoms with van der Waals surface area (Å²) in [7, 11) is 1.61. The van der Waals surface area contributed by atoms with Crippen molar-refractivity contribution in [3.63, 3.8) is 0 Å². The van der Waals surface area contributed by atoms with E-state index >= 15 is 0 Å². The third-order valence-corrected chi connectivity index (χ3v) is 5.69. The van der Waals surface area contributed by atoms with E-state index in [1.54, 1.807) is 26.2 Å². The van der Waals surface area contributed by atoms with Crippen LogP contribution in [0.5, 0.6) is 11.5 Å². The molecule has 0 heterocycles. The minimum Gasteiger partial charge on any atom is -0.493 e. The van der Waals surface area contributed by atoms with E-state index in [2.05, 4.69) is 21.2 Å². The summed E-state index contributed by atoms with van der Waals surface area (Å²) in [4.78, 5) is 11.8. The fourth-order valence-electron chi connectivity index (χ4n) is 2.96. The maximum atomic E-state index is 11.8. The maximum absolute atomic E-state index is 11.8. The first-order valence-corrected chi connectivity index (χ1v) is 10.9. The van der Waals surface area contributed by atoms with Crippen LogP contribution in [0.15, 0.2) is 65.1 Å². The molecular formula is C24H23BrClNO4. The lowest BCUT2D eigenvalue weighted by Crippen LogP contribution is -2.07. The minimum atomic E-state index is -0.333. The summed E-state index contributed by atoms with van der Waals surface area (Å²) in [6, 6.07) is 18.5. The summed E-state index contributed by atoms with van der Waals surface area (Å²) in [5, 5.41) is 4.01. The Labute approximate surface area is 195 Å². The topological polar surface area (TPSA) is 56.8 Å². The molecule has 0 spiro atoms. The lowest BCUT2D eigenvalue weighted by molar-refractivity contribution is 0.0526. The van der Waals surface area contributed by atoms with Gasteiger partial charge < -0.3 is 19.5 Å². The van der Waals surface area contributed by atoms with Gasteiger partial charge in [0.1, 0.15) is 6.61 Å². The summed E-state index contributed by atoms with van der Waals surface area (Å²) in [6.07, 6.45) is 0. The molecule has 0 aromatic heterocycles. The van der Waals surface area contributed by atoms with Crippen molar-refractivity contribution in [2.24, 2.45) is 0 Å². The maximum Gasteiger partial charge on any atom is 0.338 e. The zero-order valence-corrected chi connectivity index (χ0v) is 19.6. The number of halogens is 2. The van der Waals surface area contributed by atoms with Crippen molar-refractivity contribution >= 4 is 39.2 Å². The number of ether oxygens (including phenoxy) is 3. The molecule has 162 valence electrons. The summed E-state index contributed by atoms with van der Waals surface area (Å²) in [5.41, 5.74) is 3.17. The van der Waals surface area contributed by atoms with Crippen molar-refractivity contribution in [1.82, 2.24) is 0 Å². The fourth-order valence-corrected chi connectivity index (χ4v) is 3.60. The Morgan fingerprint density at radius 3 is 2.48 bits per heavy atom. The van der Waals surface area contributed by atoms with E-state index in [1.807, 2.05) is 48.5 Å². The Bertz CT molecular complexity index is 1040. The van der Waals surface area contributed by atoms with E-state index in [0.717, 1.165) is 21.3 Å². The molecule has 0 saturated carbocycles. The van der Waals surface area contributed by atoms with Gasteiger partial charge in [-0.25, -0.2) is 4.79 Å². The second-order valence-corrected chi connectivity index (χ2v) is 7.85. The molecule has 31 heavy (non-hydrogen) atoms. The van der Waals surface area contributed by atoms with Gasteiger partial charge in [0, 0.05) is 32.9 Å². The van der Waals surface area contributed by atoms with Gasteiger partial charge >= 0.3 is 5.97 Å². The summed E-state index contributed by atoms with van der Waals surface area (Å²) in [6.45, 7) is 2.92. The zero-order valence-electron chi connectivity index (χ0n) is 17.3. The smallest absolute Gasteiger partial charge is 0.338 e. The third-order valence-electron chi connectivity index (χ3n) is 4.58. The van der Waals surface area contributed by atoms with Gasteiger partial charge in [0.05, 0.1) is 19.3 Å². The number of rotatable bonds is 9. The number of esters is 1. The SMILES string of the molecule is CCOC(=O)c1ccc(NCc2c(Br)ccc(OC)c2OCc2ccccc2Cl)cc1. The number of anilines is 1. The molecule has 5 nitrogen and oxygen atoms in total. The number of hydrogen-bond acceptors (Lipinski definition) is 5. The van der Waals surface area contributed by atoms with Crippen molar-refractivity contribution in [1.29, 1.82) is 0 Å². The Morgan fingerprint density at radius 2 is 1.81 bits per heavy atom. The lowest BCUT2D eigenvalue weighted by atomic mass is 10.1. The molecular weight excluding hydrogens is 482 g/mol.